The molecule has 0 aliphatic carbocycles. The summed E-state index contributed by atoms with van der Waals surface area (Å²) in [6.45, 7) is 4.93. The first kappa shape index (κ1) is 17.5. The molecule has 2 aromatic rings. The Kier molecular flexibility index (Phi) is 5.95. The summed E-state index contributed by atoms with van der Waals surface area (Å²) in [6.07, 6.45) is 0.632. The van der Waals surface area contributed by atoms with Crippen LogP contribution in [0.5, 0.6) is 17.2 Å². The number of carbonyl (C=O) groups is 2. The van der Waals surface area contributed by atoms with E-state index in [1.54, 1.807) is 29.2 Å². The third-order valence-electron chi connectivity index (χ3n) is 3.73. The Labute approximate surface area is 141 Å². The first-order chi connectivity index (χ1) is 11.7. The molecule has 24 heavy (non-hydrogen) atoms. The van der Waals surface area contributed by atoms with Crippen molar-refractivity contribution in [1.29, 1.82) is 0 Å². The summed E-state index contributed by atoms with van der Waals surface area (Å²) in [5.74, 6) is 1.07. The van der Waals surface area contributed by atoms with E-state index in [1.807, 2.05) is 32.0 Å². The Morgan fingerprint density at radius 2 is 1.75 bits per heavy atom. The summed E-state index contributed by atoms with van der Waals surface area (Å²) in [4.78, 5) is 25.9. The number of hydrogen-bond donors (Lipinski definition) is 0. The summed E-state index contributed by atoms with van der Waals surface area (Å²) >= 11 is 0. The van der Waals surface area contributed by atoms with Gasteiger partial charge < -0.3 is 14.4 Å². The highest BCUT2D eigenvalue weighted by atomic mass is 16.5. The van der Waals surface area contributed by atoms with Crippen molar-refractivity contribution < 1.29 is 19.1 Å². The monoisotopic (exact) mass is 327 g/mol. The second-order valence-corrected chi connectivity index (χ2v) is 5.07. The van der Waals surface area contributed by atoms with Crippen LogP contribution < -0.4 is 9.47 Å². The molecule has 0 bridgehead atoms. The van der Waals surface area contributed by atoms with Gasteiger partial charge in [-0.1, -0.05) is 18.2 Å². The molecule has 1 amide bonds. The average molecular weight is 327 g/mol. The molecule has 2 rings (SSSR count). The number of ether oxygens (including phenoxy) is 2. The molecule has 0 aromatic heterocycles. The summed E-state index contributed by atoms with van der Waals surface area (Å²) in [7, 11) is 1.45. The Bertz CT molecular complexity index is 709. The highest BCUT2D eigenvalue weighted by Crippen LogP contribution is 2.36. The van der Waals surface area contributed by atoms with Crippen LogP contribution in [0.4, 0.5) is 0 Å². The number of benzene rings is 2. The zero-order valence-corrected chi connectivity index (χ0v) is 14.1. The van der Waals surface area contributed by atoms with Crippen LogP contribution in [0.1, 0.15) is 34.6 Å². The lowest BCUT2D eigenvalue weighted by molar-refractivity contribution is 0.0769. The summed E-state index contributed by atoms with van der Waals surface area (Å²) < 4.78 is 11.1. The topological polar surface area (TPSA) is 55.8 Å². The number of methoxy groups -OCH3 is 1. The first-order valence-corrected chi connectivity index (χ1v) is 7.84. The largest absolute Gasteiger partial charge is 0.492 e. The van der Waals surface area contributed by atoms with Crippen molar-refractivity contribution in [3.05, 3.63) is 53.6 Å². The molecule has 0 aliphatic rings. The number of hydrogen-bond acceptors (Lipinski definition) is 4. The van der Waals surface area contributed by atoms with Crippen molar-refractivity contribution >= 4 is 12.2 Å². The Morgan fingerprint density at radius 3 is 2.29 bits per heavy atom. The maximum atomic E-state index is 12.6. The molecule has 2 aromatic carbocycles. The molecular formula is C19H21NO4. The molecule has 126 valence electrons. The van der Waals surface area contributed by atoms with E-state index >= 15 is 0 Å². The van der Waals surface area contributed by atoms with Gasteiger partial charge in [-0.05, 0) is 38.1 Å². The summed E-state index contributed by atoms with van der Waals surface area (Å²) in [6, 6.07) is 12.4. The van der Waals surface area contributed by atoms with E-state index in [4.69, 9.17) is 9.47 Å². The average Bonchev–Trinajstić information content (AvgIpc) is 2.62. The van der Waals surface area contributed by atoms with Crippen LogP contribution in [0.25, 0.3) is 0 Å². The zero-order valence-electron chi connectivity index (χ0n) is 14.1. The van der Waals surface area contributed by atoms with Gasteiger partial charge in [-0.15, -0.1) is 0 Å². The minimum atomic E-state index is -0.202. The van der Waals surface area contributed by atoms with Gasteiger partial charge in [-0.2, -0.15) is 0 Å². The third kappa shape index (κ3) is 3.56. The number of carbonyl (C=O) groups excluding carboxylic acids is 2. The number of amides is 1. The number of para-hydroxylation sites is 1. The SMILES string of the molecule is CCN(CC)C(=O)c1ccc(Oc2ccccc2)c(OC)c1C=O. The van der Waals surface area contributed by atoms with Crippen LogP contribution in [0.15, 0.2) is 42.5 Å². The number of aldehydes is 1. The Morgan fingerprint density at radius 1 is 1.08 bits per heavy atom. The predicted octanol–water partition coefficient (Wildman–Crippen LogP) is 3.78. The number of rotatable bonds is 7. The fraction of sp³-hybridized carbons (Fsp3) is 0.263. The Balaban J connectivity index is 2.46. The first-order valence-electron chi connectivity index (χ1n) is 7.84. The second-order valence-electron chi connectivity index (χ2n) is 5.07. The maximum Gasteiger partial charge on any atom is 0.254 e. The van der Waals surface area contributed by atoms with Crippen molar-refractivity contribution in [2.45, 2.75) is 13.8 Å². The lowest BCUT2D eigenvalue weighted by Crippen LogP contribution is -2.31. The van der Waals surface area contributed by atoms with E-state index in [1.165, 1.54) is 7.11 Å². The second kappa shape index (κ2) is 8.15. The van der Waals surface area contributed by atoms with Crippen LogP contribution in [0.3, 0.4) is 0 Å². The molecule has 0 spiro atoms. The highest BCUT2D eigenvalue weighted by molar-refractivity contribution is 6.03. The van der Waals surface area contributed by atoms with Crippen LogP contribution in [-0.4, -0.2) is 37.3 Å². The van der Waals surface area contributed by atoms with E-state index in [9.17, 15) is 9.59 Å². The molecule has 0 radical (unpaired) electrons. The van der Waals surface area contributed by atoms with Gasteiger partial charge in [-0.3, -0.25) is 9.59 Å². The van der Waals surface area contributed by atoms with Crippen LogP contribution in [0.2, 0.25) is 0 Å². The molecule has 0 aliphatic heterocycles. The molecular weight excluding hydrogens is 306 g/mol. The smallest absolute Gasteiger partial charge is 0.254 e. The highest BCUT2D eigenvalue weighted by Gasteiger charge is 2.22. The molecule has 0 N–H and O–H groups in total. The molecule has 0 saturated heterocycles. The quantitative estimate of drug-likeness (QED) is 0.726. The predicted molar refractivity (Wildman–Crippen MR) is 92.1 cm³/mol. The Hall–Kier alpha value is -2.82. The van der Waals surface area contributed by atoms with E-state index in [2.05, 4.69) is 0 Å². The van der Waals surface area contributed by atoms with Crippen molar-refractivity contribution in [2.24, 2.45) is 0 Å². The minimum Gasteiger partial charge on any atom is -0.492 e. The molecule has 0 unspecified atom stereocenters. The van der Waals surface area contributed by atoms with Crippen molar-refractivity contribution in [3.63, 3.8) is 0 Å². The molecule has 5 heteroatoms. The van der Waals surface area contributed by atoms with Gasteiger partial charge in [0.2, 0.25) is 0 Å². The van der Waals surface area contributed by atoms with Gasteiger partial charge in [0.25, 0.3) is 5.91 Å². The van der Waals surface area contributed by atoms with E-state index in [0.29, 0.717) is 36.4 Å². The van der Waals surface area contributed by atoms with Gasteiger partial charge in [0.05, 0.1) is 18.2 Å². The molecule has 0 saturated carbocycles. The van der Waals surface area contributed by atoms with Crippen LogP contribution >= 0.6 is 0 Å². The van der Waals surface area contributed by atoms with E-state index in [0.717, 1.165) is 0 Å². The molecule has 0 fully saturated rings. The van der Waals surface area contributed by atoms with Crippen LogP contribution in [-0.2, 0) is 0 Å². The standard InChI is InChI=1S/C19H21NO4/c1-4-20(5-2)19(22)15-11-12-17(18(23-3)16(15)13-21)24-14-9-7-6-8-10-14/h6-13H,4-5H2,1-3H3. The van der Waals surface area contributed by atoms with Gasteiger partial charge in [0.1, 0.15) is 5.75 Å². The van der Waals surface area contributed by atoms with E-state index < -0.39 is 0 Å². The summed E-state index contributed by atoms with van der Waals surface area (Å²) in [5.41, 5.74) is 0.508. The third-order valence-corrected chi connectivity index (χ3v) is 3.73. The number of nitrogens with zero attached hydrogens (tertiary/aromatic N) is 1. The minimum absolute atomic E-state index is 0.197. The summed E-state index contributed by atoms with van der Waals surface area (Å²) in [5, 5.41) is 0. The lowest BCUT2D eigenvalue weighted by atomic mass is 10.0. The van der Waals surface area contributed by atoms with Crippen molar-refractivity contribution in [2.75, 3.05) is 20.2 Å². The lowest BCUT2D eigenvalue weighted by Gasteiger charge is -2.21. The molecule has 5 nitrogen and oxygen atoms in total. The molecule has 0 heterocycles. The van der Waals surface area contributed by atoms with Gasteiger partial charge in [0, 0.05) is 13.1 Å². The van der Waals surface area contributed by atoms with Gasteiger partial charge in [-0.25, -0.2) is 0 Å². The zero-order chi connectivity index (χ0) is 17.5. The van der Waals surface area contributed by atoms with Gasteiger partial charge in [0.15, 0.2) is 17.8 Å². The van der Waals surface area contributed by atoms with Crippen molar-refractivity contribution in [1.82, 2.24) is 4.90 Å². The maximum absolute atomic E-state index is 12.6. The van der Waals surface area contributed by atoms with Crippen LogP contribution in [0, 0.1) is 0 Å². The fourth-order valence-corrected chi connectivity index (χ4v) is 2.47. The molecule has 0 atom stereocenters. The van der Waals surface area contributed by atoms with Gasteiger partial charge >= 0.3 is 0 Å². The van der Waals surface area contributed by atoms with Crippen molar-refractivity contribution in [3.8, 4) is 17.2 Å². The fourth-order valence-electron chi connectivity index (χ4n) is 2.47. The normalized spacial score (nSPS) is 10.1. The van der Waals surface area contributed by atoms with E-state index in [-0.39, 0.29) is 17.2 Å².